The molecule has 26 heavy (non-hydrogen) atoms. The van der Waals surface area contributed by atoms with Gasteiger partial charge in [-0.05, 0) is 17.7 Å². The Labute approximate surface area is 152 Å². The zero-order valence-electron chi connectivity index (χ0n) is 14.7. The molecule has 0 spiro atoms. The largest absolute Gasteiger partial charge is 0.507 e. The van der Waals surface area contributed by atoms with Gasteiger partial charge < -0.3 is 10.4 Å². The van der Waals surface area contributed by atoms with Gasteiger partial charge in [-0.2, -0.15) is 5.26 Å². The van der Waals surface area contributed by atoms with Gasteiger partial charge >= 0.3 is 0 Å². The molecular formula is C20H20N4O2. The van der Waals surface area contributed by atoms with Crippen molar-refractivity contribution in [2.24, 2.45) is 10.4 Å². The lowest BCUT2D eigenvalue weighted by atomic mass is 9.92. The van der Waals surface area contributed by atoms with Crippen molar-refractivity contribution < 1.29 is 9.90 Å². The Morgan fingerprint density at radius 1 is 1.27 bits per heavy atom. The lowest BCUT2D eigenvalue weighted by molar-refractivity contribution is 0.0972. The summed E-state index contributed by atoms with van der Waals surface area (Å²) in [5.74, 6) is -0.323. The number of nitrogens with zero attached hydrogens (tertiary/aromatic N) is 2. The van der Waals surface area contributed by atoms with E-state index >= 15 is 0 Å². The smallest absolute Gasteiger partial charge is 0.262 e. The topological polar surface area (TPSA) is 97.5 Å². The molecule has 0 aliphatic carbocycles. The number of aromatic hydroxyl groups is 1. The van der Waals surface area contributed by atoms with Crippen LogP contribution < -0.4 is 10.6 Å². The predicted octanol–water partition coefficient (Wildman–Crippen LogP) is 2.65. The van der Waals surface area contributed by atoms with Crippen molar-refractivity contribution in [3.05, 3.63) is 53.6 Å². The first kappa shape index (κ1) is 17.5. The molecule has 1 heterocycles. The van der Waals surface area contributed by atoms with Gasteiger partial charge in [-0.25, -0.2) is 0 Å². The van der Waals surface area contributed by atoms with Crippen molar-refractivity contribution in [1.82, 2.24) is 10.6 Å². The van der Waals surface area contributed by atoms with E-state index in [0.29, 0.717) is 35.7 Å². The van der Waals surface area contributed by atoms with Crippen LogP contribution in [-0.4, -0.2) is 30.1 Å². The first-order valence-corrected chi connectivity index (χ1v) is 8.32. The molecule has 3 rings (SSSR count). The monoisotopic (exact) mass is 348 g/mol. The van der Waals surface area contributed by atoms with E-state index in [1.807, 2.05) is 18.2 Å². The second-order valence-electron chi connectivity index (χ2n) is 7.00. The fourth-order valence-corrected chi connectivity index (χ4v) is 2.80. The highest BCUT2D eigenvalue weighted by Gasteiger charge is 2.26. The average Bonchev–Trinajstić information content (AvgIpc) is 2.63. The highest BCUT2D eigenvalue weighted by Crippen LogP contribution is 2.33. The van der Waals surface area contributed by atoms with Crippen LogP contribution in [0, 0.1) is 16.7 Å². The molecule has 2 aromatic carbocycles. The fraction of sp³-hybridized carbons (Fsp3) is 0.250. The molecule has 0 atom stereocenters. The number of phenolic OH excluding ortho intramolecular Hbond substituents is 1. The number of guanidine groups is 1. The van der Waals surface area contributed by atoms with Crippen LogP contribution >= 0.6 is 0 Å². The lowest BCUT2D eigenvalue weighted by Crippen LogP contribution is -2.49. The van der Waals surface area contributed by atoms with Gasteiger partial charge in [-0.3, -0.25) is 15.1 Å². The number of rotatable bonds is 2. The Balaban J connectivity index is 2.01. The average molecular weight is 348 g/mol. The highest BCUT2D eigenvalue weighted by atomic mass is 16.3. The molecule has 1 aliphatic heterocycles. The van der Waals surface area contributed by atoms with Gasteiger partial charge in [0.05, 0.1) is 17.2 Å². The molecule has 0 unspecified atom stereocenters. The summed E-state index contributed by atoms with van der Waals surface area (Å²) in [6, 6.07) is 14.0. The zero-order chi connectivity index (χ0) is 18.7. The number of phenols is 1. The first-order chi connectivity index (χ1) is 12.4. The molecule has 0 aromatic heterocycles. The van der Waals surface area contributed by atoms with Crippen molar-refractivity contribution in [3.63, 3.8) is 0 Å². The van der Waals surface area contributed by atoms with E-state index in [0.717, 1.165) is 0 Å². The molecule has 1 aliphatic rings. The third-order valence-corrected chi connectivity index (χ3v) is 4.22. The van der Waals surface area contributed by atoms with Crippen molar-refractivity contribution in [2.75, 3.05) is 13.1 Å². The standard InChI is InChI=1S/C20H20N4O2/c1-20(2)11-22-19(23-12-20)24-18(26)17-15(25)9-8-14(10-21)16(17)13-6-4-3-5-7-13/h3-9,25H,11-12H2,1-2H3,(H2,22,23,24,26). The van der Waals surface area contributed by atoms with E-state index in [1.54, 1.807) is 12.1 Å². The van der Waals surface area contributed by atoms with E-state index in [-0.39, 0.29) is 16.7 Å². The number of carbonyl (C=O) groups is 1. The summed E-state index contributed by atoms with van der Waals surface area (Å²) in [4.78, 5) is 17.2. The second kappa shape index (κ2) is 6.89. The quantitative estimate of drug-likeness (QED) is 0.777. The zero-order valence-corrected chi connectivity index (χ0v) is 14.7. The summed E-state index contributed by atoms with van der Waals surface area (Å²) in [5.41, 5.74) is 1.49. The van der Waals surface area contributed by atoms with Crippen LogP contribution in [0.4, 0.5) is 0 Å². The summed E-state index contributed by atoms with van der Waals surface area (Å²) < 4.78 is 0. The number of hydrogen-bond acceptors (Lipinski definition) is 5. The Bertz CT molecular complexity index is 911. The van der Waals surface area contributed by atoms with Gasteiger partial charge in [0.25, 0.3) is 5.91 Å². The Morgan fingerprint density at radius 2 is 2.00 bits per heavy atom. The number of benzene rings is 2. The highest BCUT2D eigenvalue weighted by molar-refractivity contribution is 6.11. The molecule has 2 aromatic rings. The van der Waals surface area contributed by atoms with E-state index in [4.69, 9.17) is 0 Å². The third-order valence-electron chi connectivity index (χ3n) is 4.22. The second-order valence-corrected chi connectivity index (χ2v) is 7.00. The van der Waals surface area contributed by atoms with E-state index in [9.17, 15) is 15.2 Å². The summed E-state index contributed by atoms with van der Waals surface area (Å²) in [6.07, 6.45) is 0. The van der Waals surface area contributed by atoms with Gasteiger partial charge in [0.15, 0.2) is 5.96 Å². The van der Waals surface area contributed by atoms with Crippen LogP contribution in [-0.2, 0) is 0 Å². The van der Waals surface area contributed by atoms with E-state index in [2.05, 4.69) is 35.5 Å². The molecule has 132 valence electrons. The molecule has 0 saturated carbocycles. The Kier molecular flexibility index (Phi) is 4.63. The number of amides is 1. The minimum absolute atomic E-state index is 0.0201. The van der Waals surface area contributed by atoms with Crippen LogP contribution in [0.25, 0.3) is 11.1 Å². The molecular weight excluding hydrogens is 328 g/mol. The number of aliphatic imine (C=N–C) groups is 1. The molecule has 6 heteroatoms. The lowest BCUT2D eigenvalue weighted by Gasteiger charge is -2.29. The Morgan fingerprint density at radius 3 is 2.62 bits per heavy atom. The van der Waals surface area contributed by atoms with Gasteiger partial charge in [-0.1, -0.05) is 44.2 Å². The molecule has 0 radical (unpaired) electrons. The van der Waals surface area contributed by atoms with Crippen molar-refractivity contribution in [2.45, 2.75) is 13.8 Å². The van der Waals surface area contributed by atoms with Gasteiger partial charge in [0, 0.05) is 24.1 Å². The Hall–Kier alpha value is -3.33. The number of nitrogens with one attached hydrogen (secondary N) is 2. The minimum atomic E-state index is -0.510. The third kappa shape index (κ3) is 3.52. The minimum Gasteiger partial charge on any atom is -0.507 e. The van der Waals surface area contributed by atoms with Gasteiger partial charge in [0.2, 0.25) is 0 Å². The summed E-state index contributed by atoms with van der Waals surface area (Å²) in [6.45, 7) is 5.43. The molecule has 0 saturated heterocycles. The van der Waals surface area contributed by atoms with Crippen molar-refractivity contribution in [3.8, 4) is 22.9 Å². The maximum absolute atomic E-state index is 12.9. The van der Waals surface area contributed by atoms with E-state index < -0.39 is 5.91 Å². The predicted molar refractivity (Wildman–Crippen MR) is 99.8 cm³/mol. The molecule has 0 fully saturated rings. The van der Waals surface area contributed by atoms with E-state index in [1.165, 1.54) is 12.1 Å². The maximum atomic E-state index is 12.9. The maximum Gasteiger partial charge on any atom is 0.262 e. The summed E-state index contributed by atoms with van der Waals surface area (Å²) in [7, 11) is 0. The molecule has 1 amide bonds. The SMILES string of the molecule is CC1(C)CN=C(NC(=O)c2c(O)ccc(C#N)c2-c2ccccc2)NC1. The van der Waals surface area contributed by atoms with Crippen LogP contribution in [0.5, 0.6) is 5.75 Å². The molecule has 3 N–H and O–H groups in total. The van der Waals surface area contributed by atoms with Crippen LogP contribution in [0.1, 0.15) is 29.8 Å². The number of carbonyl (C=O) groups excluding carboxylic acids is 1. The first-order valence-electron chi connectivity index (χ1n) is 8.32. The van der Waals surface area contributed by atoms with Crippen molar-refractivity contribution in [1.29, 1.82) is 5.26 Å². The number of hydrogen-bond donors (Lipinski definition) is 3. The number of nitriles is 1. The van der Waals surface area contributed by atoms with Crippen LogP contribution in [0.15, 0.2) is 47.5 Å². The van der Waals surface area contributed by atoms with Gasteiger partial charge in [0.1, 0.15) is 5.75 Å². The van der Waals surface area contributed by atoms with Gasteiger partial charge in [-0.15, -0.1) is 0 Å². The molecule has 6 nitrogen and oxygen atoms in total. The van der Waals surface area contributed by atoms with Crippen LogP contribution in [0.2, 0.25) is 0 Å². The van der Waals surface area contributed by atoms with Crippen molar-refractivity contribution >= 4 is 11.9 Å². The normalized spacial score (nSPS) is 15.3. The fourth-order valence-electron chi connectivity index (χ4n) is 2.80. The summed E-state index contributed by atoms with van der Waals surface area (Å²) in [5, 5.41) is 25.6. The molecule has 0 bridgehead atoms. The summed E-state index contributed by atoms with van der Waals surface area (Å²) >= 11 is 0. The van der Waals surface area contributed by atoms with Crippen LogP contribution in [0.3, 0.4) is 0 Å².